The molecule has 2 heterocycles. The standard InChI is InChI=1S/C21H20N4O5/c1-12-4-6-16(13(2)8-12)25-23-14(3)20(24-25)21(27)28-10-19(26)22-15-5-7-17-18(9-15)30-11-29-17/h4-9H,10-11H2,1-3H3,(H,22,26). The summed E-state index contributed by atoms with van der Waals surface area (Å²) in [6.07, 6.45) is 0. The third-order valence-corrected chi connectivity index (χ3v) is 4.53. The number of ether oxygens (including phenoxy) is 3. The van der Waals surface area contributed by atoms with E-state index in [2.05, 4.69) is 15.5 Å². The second-order valence-corrected chi connectivity index (χ2v) is 6.91. The largest absolute Gasteiger partial charge is 0.454 e. The molecule has 0 fully saturated rings. The second-order valence-electron chi connectivity index (χ2n) is 6.91. The van der Waals surface area contributed by atoms with Crippen LogP contribution in [0.15, 0.2) is 36.4 Å². The fraction of sp³-hybridized carbons (Fsp3) is 0.238. The number of benzene rings is 2. The smallest absolute Gasteiger partial charge is 0.361 e. The number of nitrogens with zero attached hydrogens (tertiary/aromatic N) is 3. The van der Waals surface area contributed by atoms with Crippen molar-refractivity contribution < 1.29 is 23.8 Å². The van der Waals surface area contributed by atoms with E-state index in [-0.39, 0.29) is 12.5 Å². The number of nitrogens with one attached hydrogen (secondary N) is 1. The molecule has 0 spiro atoms. The van der Waals surface area contributed by atoms with Gasteiger partial charge in [-0.05, 0) is 44.5 Å². The first-order chi connectivity index (χ1) is 14.4. The number of amides is 1. The van der Waals surface area contributed by atoms with Gasteiger partial charge in [-0.25, -0.2) is 4.79 Å². The van der Waals surface area contributed by atoms with E-state index in [0.29, 0.717) is 22.9 Å². The molecule has 0 saturated heterocycles. The van der Waals surface area contributed by atoms with Crippen LogP contribution in [0.4, 0.5) is 5.69 Å². The molecule has 1 aromatic heterocycles. The van der Waals surface area contributed by atoms with Crippen LogP contribution in [0.3, 0.4) is 0 Å². The summed E-state index contributed by atoms with van der Waals surface area (Å²) in [7, 11) is 0. The third-order valence-electron chi connectivity index (χ3n) is 4.53. The zero-order valence-electron chi connectivity index (χ0n) is 16.8. The van der Waals surface area contributed by atoms with Gasteiger partial charge in [-0.3, -0.25) is 4.79 Å². The molecule has 1 N–H and O–H groups in total. The maximum absolute atomic E-state index is 12.4. The quantitative estimate of drug-likeness (QED) is 0.647. The molecule has 0 unspecified atom stereocenters. The van der Waals surface area contributed by atoms with Crippen LogP contribution in [-0.4, -0.2) is 40.3 Å². The maximum Gasteiger partial charge on any atom is 0.361 e. The lowest BCUT2D eigenvalue weighted by atomic mass is 10.1. The first kappa shape index (κ1) is 19.4. The van der Waals surface area contributed by atoms with Crippen molar-refractivity contribution in [1.82, 2.24) is 15.0 Å². The lowest BCUT2D eigenvalue weighted by molar-refractivity contribution is -0.119. The predicted molar refractivity (Wildman–Crippen MR) is 107 cm³/mol. The van der Waals surface area contributed by atoms with E-state index in [1.165, 1.54) is 4.80 Å². The summed E-state index contributed by atoms with van der Waals surface area (Å²) in [6, 6.07) is 10.8. The van der Waals surface area contributed by atoms with Crippen molar-refractivity contribution in [1.29, 1.82) is 0 Å². The highest BCUT2D eigenvalue weighted by Crippen LogP contribution is 2.34. The molecular weight excluding hydrogens is 388 g/mol. The Morgan fingerprint density at radius 3 is 2.67 bits per heavy atom. The number of hydrogen-bond acceptors (Lipinski definition) is 7. The molecule has 3 aromatic rings. The fourth-order valence-electron chi connectivity index (χ4n) is 3.08. The van der Waals surface area contributed by atoms with Crippen LogP contribution in [-0.2, 0) is 9.53 Å². The van der Waals surface area contributed by atoms with Gasteiger partial charge in [-0.15, -0.1) is 5.10 Å². The number of carbonyl (C=O) groups is 2. The van der Waals surface area contributed by atoms with Gasteiger partial charge in [0.15, 0.2) is 23.8 Å². The van der Waals surface area contributed by atoms with Gasteiger partial charge in [0.2, 0.25) is 6.79 Å². The number of carbonyl (C=O) groups excluding carboxylic acids is 2. The van der Waals surface area contributed by atoms with Crippen molar-refractivity contribution in [2.24, 2.45) is 0 Å². The van der Waals surface area contributed by atoms with Crippen LogP contribution < -0.4 is 14.8 Å². The normalized spacial score (nSPS) is 12.0. The highest BCUT2D eigenvalue weighted by molar-refractivity contribution is 5.95. The highest BCUT2D eigenvalue weighted by Gasteiger charge is 2.20. The number of esters is 1. The average molecular weight is 408 g/mol. The molecule has 0 atom stereocenters. The van der Waals surface area contributed by atoms with E-state index >= 15 is 0 Å². The third kappa shape index (κ3) is 3.95. The summed E-state index contributed by atoms with van der Waals surface area (Å²) in [5.74, 6) is -0.0452. The minimum Gasteiger partial charge on any atom is -0.454 e. The van der Waals surface area contributed by atoms with Gasteiger partial charge >= 0.3 is 5.97 Å². The van der Waals surface area contributed by atoms with Crippen LogP contribution in [0.2, 0.25) is 0 Å². The van der Waals surface area contributed by atoms with Gasteiger partial charge < -0.3 is 19.5 Å². The molecule has 4 rings (SSSR count). The number of anilines is 1. The predicted octanol–water partition coefficient (Wildman–Crippen LogP) is 2.72. The van der Waals surface area contributed by atoms with Crippen molar-refractivity contribution in [3.05, 3.63) is 58.9 Å². The van der Waals surface area contributed by atoms with Crippen LogP contribution in [0.5, 0.6) is 11.5 Å². The Bertz CT molecular complexity index is 1140. The van der Waals surface area contributed by atoms with E-state index < -0.39 is 18.5 Å². The van der Waals surface area contributed by atoms with E-state index in [1.807, 2.05) is 32.0 Å². The molecule has 30 heavy (non-hydrogen) atoms. The number of hydrogen-bond donors (Lipinski definition) is 1. The van der Waals surface area contributed by atoms with Gasteiger partial charge in [0.1, 0.15) is 0 Å². The van der Waals surface area contributed by atoms with Crippen molar-refractivity contribution in [3.63, 3.8) is 0 Å². The monoisotopic (exact) mass is 408 g/mol. The molecule has 0 aliphatic carbocycles. The lowest BCUT2D eigenvalue weighted by Crippen LogP contribution is -2.21. The minimum absolute atomic E-state index is 0.0610. The molecular formula is C21H20N4O5. The van der Waals surface area contributed by atoms with Gasteiger partial charge in [-0.2, -0.15) is 9.90 Å². The van der Waals surface area contributed by atoms with Crippen LogP contribution in [0.1, 0.15) is 27.3 Å². The number of rotatable bonds is 5. The second kappa shape index (κ2) is 7.86. The average Bonchev–Trinajstić information content (AvgIpc) is 3.32. The summed E-state index contributed by atoms with van der Waals surface area (Å²) >= 11 is 0. The SMILES string of the molecule is Cc1ccc(-n2nc(C)c(C(=O)OCC(=O)Nc3ccc4c(c3)OCO4)n2)c(C)c1. The van der Waals surface area contributed by atoms with Crippen LogP contribution >= 0.6 is 0 Å². The van der Waals surface area contributed by atoms with Gasteiger partial charge in [0.25, 0.3) is 5.91 Å². The molecule has 1 amide bonds. The first-order valence-electron chi connectivity index (χ1n) is 9.29. The molecule has 9 nitrogen and oxygen atoms in total. The van der Waals surface area contributed by atoms with E-state index in [9.17, 15) is 9.59 Å². The number of fused-ring (bicyclic) bond motifs is 1. The van der Waals surface area contributed by atoms with Crippen LogP contribution in [0.25, 0.3) is 5.69 Å². The Hall–Kier alpha value is -3.88. The Balaban J connectivity index is 1.39. The van der Waals surface area contributed by atoms with E-state index in [1.54, 1.807) is 25.1 Å². The first-order valence-corrected chi connectivity index (χ1v) is 9.29. The summed E-state index contributed by atoms with van der Waals surface area (Å²) in [5, 5.41) is 11.2. The van der Waals surface area contributed by atoms with Gasteiger partial charge in [0, 0.05) is 11.8 Å². The van der Waals surface area contributed by atoms with Crippen molar-refractivity contribution >= 4 is 17.6 Å². The molecule has 1 aliphatic heterocycles. The maximum atomic E-state index is 12.4. The molecule has 0 radical (unpaired) electrons. The van der Waals surface area contributed by atoms with Crippen LogP contribution in [0, 0.1) is 20.8 Å². The summed E-state index contributed by atoms with van der Waals surface area (Å²) < 4.78 is 15.6. The van der Waals surface area contributed by atoms with Gasteiger partial charge in [-0.1, -0.05) is 17.7 Å². The molecule has 0 saturated carbocycles. The summed E-state index contributed by atoms with van der Waals surface area (Å²) in [5.41, 5.74) is 3.85. The molecule has 1 aliphatic rings. The lowest BCUT2D eigenvalue weighted by Gasteiger charge is -2.07. The Morgan fingerprint density at radius 2 is 1.87 bits per heavy atom. The summed E-state index contributed by atoms with van der Waals surface area (Å²) in [4.78, 5) is 25.9. The fourth-order valence-corrected chi connectivity index (χ4v) is 3.08. The Labute approximate surface area is 172 Å². The minimum atomic E-state index is -0.718. The zero-order chi connectivity index (χ0) is 21.3. The van der Waals surface area contributed by atoms with Gasteiger partial charge in [0.05, 0.1) is 11.4 Å². The van der Waals surface area contributed by atoms with E-state index in [4.69, 9.17) is 14.2 Å². The Kier molecular flexibility index (Phi) is 5.09. The zero-order valence-corrected chi connectivity index (χ0v) is 16.8. The van der Waals surface area contributed by atoms with E-state index in [0.717, 1.165) is 16.8 Å². The highest BCUT2D eigenvalue weighted by atomic mass is 16.7. The van der Waals surface area contributed by atoms with Crippen molar-refractivity contribution in [3.8, 4) is 17.2 Å². The summed E-state index contributed by atoms with van der Waals surface area (Å²) in [6.45, 7) is 5.29. The topological polar surface area (TPSA) is 105 Å². The van der Waals surface area contributed by atoms with Crippen molar-refractivity contribution in [2.45, 2.75) is 20.8 Å². The molecule has 0 bridgehead atoms. The number of aromatic nitrogens is 3. The molecule has 154 valence electrons. The number of aryl methyl sites for hydroxylation is 3. The molecule has 9 heteroatoms. The van der Waals surface area contributed by atoms with Crippen molar-refractivity contribution in [2.75, 3.05) is 18.7 Å². The molecule has 2 aromatic carbocycles. The Morgan fingerprint density at radius 1 is 1.07 bits per heavy atom.